The molecule has 0 unspecified atom stereocenters. The zero-order valence-corrected chi connectivity index (χ0v) is 18.9. The van der Waals surface area contributed by atoms with E-state index >= 15 is 0 Å². The topological polar surface area (TPSA) is 141 Å². The second-order valence-corrected chi connectivity index (χ2v) is 8.24. The standard InChI is InChI=1S/C20H30N10O3/c1-3-10-31-15-20(2)16-32-13-18-11-29(26-23-18)8-6-28(5-4-22-25-21)7-9-30-12-19(24-27-30)14-33-17-20/h1,11-12H,4-10,13-17H2,2H3. The van der Waals surface area contributed by atoms with E-state index in [1.165, 1.54) is 0 Å². The lowest BCUT2D eigenvalue weighted by atomic mass is 9.94. The van der Waals surface area contributed by atoms with Crippen molar-refractivity contribution in [3.63, 3.8) is 0 Å². The van der Waals surface area contributed by atoms with E-state index in [1.807, 2.05) is 19.3 Å². The molecule has 0 atom stereocenters. The number of hydrogen-bond donors (Lipinski definition) is 0. The molecule has 3 heterocycles. The van der Waals surface area contributed by atoms with E-state index in [2.05, 4.69) is 41.5 Å². The Labute approximate surface area is 192 Å². The summed E-state index contributed by atoms with van der Waals surface area (Å²) < 4.78 is 21.0. The Hall–Kier alpha value is -3.01. The molecule has 178 valence electrons. The smallest absolute Gasteiger partial charge is 0.108 e. The van der Waals surface area contributed by atoms with Gasteiger partial charge in [0.15, 0.2) is 0 Å². The highest BCUT2D eigenvalue weighted by molar-refractivity contribution is 4.92. The first-order valence-corrected chi connectivity index (χ1v) is 10.8. The monoisotopic (exact) mass is 458 g/mol. The lowest BCUT2D eigenvalue weighted by Crippen LogP contribution is -2.34. The Kier molecular flexibility index (Phi) is 9.61. The molecule has 1 aliphatic heterocycles. The fourth-order valence-corrected chi connectivity index (χ4v) is 3.37. The van der Waals surface area contributed by atoms with E-state index in [9.17, 15) is 0 Å². The first-order chi connectivity index (χ1) is 16.1. The van der Waals surface area contributed by atoms with Crippen molar-refractivity contribution < 1.29 is 14.2 Å². The summed E-state index contributed by atoms with van der Waals surface area (Å²) in [7, 11) is 0. The summed E-state index contributed by atoms with van der Waals surface area (Å²) in [6.45, 7) is 7.93. The first kappa shape index (κ1) is 24.6. The number of hydrogen-bond acceptors (Lipinski definition) is 9. The van der Waals surface area contributed by atoms with E-state index in [-0.39, 0.29) is 12.0 Å². The van der Waals surface area contributed by atoms with Crippen LogP contribution in [0.15, 0.2) is 17.5 Å². The Morgan fingerprint density at radius 2 is 1.73 bits per heavy atom. The normalized spacial score (nSPS) is 17.9. The molecule has 0 radical (unpaired) electrons. The molecule has 1 aliphatic rings. The molecular formula is C20H30N10O3. The lowest BCUT2D eigenvalue weighted by Gasteiger charge is -2.28. The molecule has 0 saturated carbocycles. The van der Waals surface area contributed by atoms with Crippen LogP contribution in [0.25, 0.3) is 10.4 Å². The van der Waals surface area contributed by atoms with Gasteiger partial charge in [-0.2, -0.15) is 0 Å². The second kappa shape index (κ2) is 12.9. The van der Waals surface area contributed by atoms with E-state index in [1.54, 1.807) is 9.36 Å². The summed E-state index contributed by atoms with van der Waals surface area (Å²) in [6.07, 6.45) is 9.05. The summed E-state index contributed by atoms with van der Waals surface area (Å²) in [6, 6.07) is 0. The van der Waals surface area contributed by atoms with Crippen LogP contribution in [0.5, 0.6) is 0 Å². The summed E-state index contributed by atoms with van der Waals surface area (Å²) >= 11 is 0. The van der Waals surface area contributed by atoms with E-state index in [4.69, 9.17) is 26.2 Å². The summed E-state index contributed by atoms with van der Waals surface area (Å²) in [5.41, 5.74) is 9.67. The predicted octanol–water partition coefficient (Wildman–Crippen LogP) is 0.885. The molecule has 0 amide bonds. The fraction of sp³-hybridized carbons (Fsp3) is 0.700. The van der Waals surface area contributed by atoms with Crippen LogP contribution in [0.2, 0.25) is 0 Å². The molecule has 0 fully saturated rings. The third-order valence-electron chi connectivity index (χ3n) is 5.08. The molecule has 13 nitrogen and oxygen atoms in total. The minimum absolute atomic E-state index is 0.234. The highest BCUT2D eigenvalue weighted by atomic mass is 16.5. The molecular weight excluding hydrogens is 428 g/mol. The molecule has 0 saturated heterocycles. The molecule has 0 N–H and O–H groups in total. The fourth-order valence-electron chi connectivity index (χ4n) is 3.37. The Bertz CT molecular complexity index is 894. The number of nitrogens with zero attached hydrogens (tertiary/aromatic N) is 10. The highest BCUT2D eigenvalue weighted by Crippen LogP contribution is 2.20. The van der Waals surface area contributed by atoms with Crippen LogP contribution in [-0.2, 0) is 40.5 Å². The Morgan fingerprint density at radius 1 is 1.12 bits per heavy atom. The van der Waals surface area contributed by atoms with Crippen molar-refractivity contribution in [2.24, 2.45) is 10.5 Å². The Morgan fingerprint density at radius 3 is 2.27 bits per heavy atom. The van der Waals surface area contributed by atoms with E-state index in [0.717, 1.165) is 24.5 Å². The zero-order valence-electron chi connectivity index (χ0n) is 18.9. The number of azide groups is 1. The molecule has 3 rings (SSSR count). The van der Waals surface area contributed by atoms with Crippen LogP contribution < -0.4 is 0 Å². The average molecular weight is 459 g/mol. The average Bonchev–Trinajstić information content (AvgIpc) is 3.44. The highest BCUT2D eigenvalue weighted by Gasteiger charge is 2.26. The minimum atomic E-state index is -0.388. The van der Waals surface area contributed by atoms with Crippen LogP contribution in [0, 0.1) is 17.8 Å². The van der Waals surface area contributed by atoms with Crippen molar-refractivity contribution in [1.29, 1.82) is 0 Å². The van der Waals surface area contributed by atoms with Gasteiger partial charge in [0.25, 0.3) is 0 Å². The number of aromatic nitrogens is 6. The molecule has 2 aromatic heterocycles. The number of terminal acetylenes is 1. The SMILES string of the molecule is C#CCOCC1(C)COCc2cn(nn2)CCN(CCN=[N+]=[N-])CCn2cc(nn2)COC1. The van der Waals surface area contributed by atoms with E-state index < -0.39 is 0 Å². The number of ether oxygens (including phenoxy) is 3. The third-order valence-corrected chi connectivity index (χ3v) is 5.08. The van der Waals surface area contributed by atoms with Gasteiger partial charge in [0.05, 0.1) is 58.5 Å². The molecule has 2 aromatic rings. The number of fused-ring (bicyclic) bond motifs is 4. The van der Waals surface area contributed by atoms with Gasteiger partial charge in [-0.05, 0) is 5.53 Å². The minimum Gasteiger partial charge on any atom is -0.374 e. The third kappa shape index (κ3) is 8.45. The second-order valence-electron chi connectivity index (χ2n) is 8.24. The summed E-state index contributed by atoms with van der Waals surface area (Å²) in [4.78, 5) is 5.02. The van der Waals surface area contributed by atoms with E-state index in [0.29, 0.717) is 59.2 Å². The molecule has 0 aromatic carbocycles. The van der Waals surface area contributed by atoms with Gasteiger partial charge in [-0.25, -0.2) is 0 Å². The molecule has 0 spiro atoms. The molecule has 33 heavy (non-hydrogen) atoms. The number of rotatable bonds is 6. The maximum Gasteiger partial charge on any atom is 0.108 e. The van der Waals surface area contributed by atoms with Crippen LogP contribution in [0.4, 0.5) is 0 Å². The van der Waals surface area contributed by atoms with Crippen LogP contribution in [-0.4, -0.2) is 87.5 Å². The van der Waals surface area contributed by atoms with Crippen molar-refractivity contribution in [1.82, 2.24) is 34.9 Å². The van der Waals surface area contributed by atoms with Crippen molar-refractivity contribution in [2.45, 2.75) is 33.2 Å². The quantitative estimate of drug-likeness (QED) is 0.204. The van der Waals surface area contributed by atoms with Gasteiger partial charge in [-0.3, -0.25) is 14.3 Å². The molecule has 13 heteroatoms. The predicted molar refractivity (Wildman–Crippen MR) is 118 cm³/mol. The van der Waals surface area contributed by atoms with Gasteiger partial charge in [-0.1, -0.05) is 28.4 Å². The van der Waals surface area contributed by atoms with Crippen LogP contribution in [0.1, 0.15) is 18.3 Å². The zero-order chi connectivity index (χ0) is 23.4. The van der Waals surface area contributed by atoms with Gasteiger partial charge >= 0.3 is 0 Å². The van der Waals surface area contributed by atoms with Crippen molar-refractivity contribution >= 4 is 0 Å². The van der Waals surface area contributed by atoms with Gasteiger partial charge < -0.3 is 14.2 Å². The van der Waals surface area contributed by atoms with Crippen molar-refractivity contribution in [3.05, 3.63) is 34.2 Å². The molecule has 0 aliphatic carbocycles. The van der Waals surface area contributed by atoms with Gasteiger partial charge in [0, 0.05) is 36.5 Å². The molecule has 4 bridgehead atoms. The van der Waals surface area contributed by atoms with Crippen molar-refractivity contribution in [3.8, 4) is 12.3 Å². The maximum atomic E-state index is 8.57. The first-order valence-electron chi connectivity index (χ1n) is 10.8. The van der Waals surface area contributed by atoms with Crippen LogP contribution >= 0.6 is 0 Å². The summed E-state index contributed by atoms with van der Waals surface area (Å²) in [5.74, 6) is 2.48. The lowest BCUT2D eigenvalue weighted by molar-refractivity contribution is -0.0634. The van der Waals surface area contributed by atoms with Gasteiger partial charge in [0.1, 0.15) is 18.0 Å². The Balaban J connectivity index is 1.68. The maximum absolute atomic E-state index is 8.57. The van der Waals surface area contributed by atoms with Crippen molar-refractivity contribution in [2.75, 3.05) is 52.6 Å². The van der Waals surface area contributed by atoms with Gasteiger partial charge in [0.2, 0.25) is 0 Å². The van der Waals surface area contributed by atoms with Gasteiger partial charge in [-0.15, -0.1) is 16.6 Å². The summed E-state index contributed by atoms with van der Waals surface area (Å²) in [5, 5.41) is 20.4. The largest absolute Gasteiger partial charge is 0.374 e. The van der Waals surface area contributed by atoms with Crippen LogP contribution in [0.3, 0.4) is 0 Å².